The van der Waals surface area contributed by atoms with E-state index in [4.69, 9.17) is 4.42 Å². The molecule has 0 saturated carbocycles. The zero-order chi connectivity index (χ0) is 32.1. The van der Waals surface area contributed by atoms with Gasteiger partial charge in [-0.3, -0.25) is 9.52 Å². The molecule has 3 aromatic carbocycles. The standard InChI is InChI=1S/C31H30F2N4O6S2/c1-3-44(39,40)36-25-16-26-23(28(31(38)34-2)30(43-26)18-9-11-21(32)12-10-18)15-22(25)20-7-5-13-37(17-20)45(41,42)27-14-19-6-4-8-24(33)29(19)35-27/h4,6,8-12,14-16,20,35-36H,3,5,7,13,17H2,1-2H3,(H,34,38)/t20-/m0/s1. The number of aromatic amines is 1. The van der Waals surface area contributed by atoms with E-state index in [2.05, 4.69) is 15.0 Å². The Kier molecular flexibility index (Phi) is 7.91. The minimum atomic E-state index is -4.08. The zero-order valence-electron chi connectivity index (χ0n) is 24.4. The number of halogens is 2. The smallest absolute Gasteiger partial charge is 0.258 e. The molecule has 2 aromatic heterocycles. The summed E-state index contributed by atoms with van der Waals surface area (Å²) in [5.41, 5.74) is 1.59. The number of sulfonamides is 2. The van der Waals surface area contributed by atoms with Crippen molar-refractivity contribution >= 4 is 53.5 Å². The molecule has 0 radical (unpaired) electrons. The van der Waals surface area contributed by atoms with E-state index < -0.39 is 43.5 Å². The number of furan rings is 1. The van der Waals surface area contributed by atoms with Crippen LogP contribution in [0.5, 0.6) is 0 Å². The Labute approximate surface area is 258 Å². The van der Waals surface area contributed by atoms with Gasteiger partial charge in [-0.1, -0.05) is 12.1 Å². The molecule has 1 aliphatic heterocycles. The summed E-state index contributed by atoms with van der Waals surface area (Å²) in [7, 11) is -6.39. The minimum absolute atomic E-state index is 0.00448. The van der Waals surface area contributed by atoms with Gasteiger partial charge in [0.2, 0.25) is 10.0 Å². The molecule has 6 rings (SSSR count). The van der Waals surface area contributed by atoms with Crippen LogP contribution in [-0.4, -0.2) is 57.9 Å². The summed E-state index contributed by atoms with van der Waals surface area (Å²) < 4.78 is 91.0. The molecule has 0 aliphatic carbocycles. The molecule has 45 heavy (non-hydrogen) atoms. The van der Waals surface area contributed by atoms with Gasteiger partial charge in [-0.05, 0) is 73.7 Å². The van der Waals surface area contributed by atoms with Gasteiger partial charge in [0.05, 0.1) is 22.5 Å². The van der Waals surface area contributed by atoms with Gasteiger partial charge in [-0.15, -0.1) is 0 Å². The van der Waals surface area contributed by atoms with Crippen LogP contribution in [0.4, 0.5) is 14.5 Å². The number of aromatic nitrogens is 1. The van der Waals surface area contributed by atoms with Crippen molar-refractivity contribution in [2.24, 2.45) is 0 Å². The summed E-state index contributed by atoms with van der Waals surface area (Å²) in [5.74, 6) is -2.03. The molecule has 0 unspecified atom stereocenters. The molecule has 1 atom stereocenters. The highest BCUT2D eigenvalue weighted by molar-refractivity contribution is 7.92. The van der Waals surface area contributed by atoms with Crippen molar-refractivity contribution < 1.29 is 34.8 Å². The van der Waals surface area contributed by atoms with Crippen molar-refractivity contribution in [1.82, 2.24) is 14.6 Å². The molecule has 3 heterocycles. The van der Waals surface area contributed by atoms with Gasteiger partial charge in [-0.25, -0.2) is 25.6 Å². The van der Waals surface area contributed by atoms with E-state index in [9.17, 15) is 30.4 Å². The monoisotopic (exact) mass is 656 g/mol. The summed E-state index contributed by atoms with van der Waals surface area (Å²) in [4.78, 5) is 15.9. The van der Waals surface area contributed by atoms with Gasteiger partial charge >= 0.3 is 0 Å². The lowest BCUT2D eigenvalue weighted by molar-refractivity contribution is 0.0964. The number of nitrogens with zero attached hydrogens (tertiary/aromatic N) is 1. The van der Waals surface area contributed by atoms with Crippen molar-refractivity contribution in [2.75, 3.05) is 30.6 Å². The Morgan fingerprint density at radius 1 is 1.07 bits per heavy atom. The highest BCUT2D eigenvalue weighted by atomic mass is 32.2. The van der Waals surface area contributed by atoms with Gasteiger partial charge in [0.25, 0.3) is 15.9 Å². The van der Waals surface area contributed by atoms with Crippen molar-refractivity contribution in [1.29, 1.82) is 0 Å². The van der Waals surface area contributed by atoms with Gasteiger partial charge in [-0.2, -0.15) is 4.31 Å². The Hall–Kier alpha value is -4.27. The lowest BCUT2D eigenvalue weighted by Crippen LogP contribution is -2.39. The van der Waals surface area contributed by atoms with E-state index >= 15 is 0 Å². The lowest BCUT2D eigenvalue weighted by Gasteiger charge is -2.32. The molecular weight excluding hydrogens is 626 g/mol. The first-order valence-electron chi connectivity index (χ1n) is 14.3. The van der Waals surface area contributed by atoms with Crippen LogP contribution >= 0.6 is 0 Å². The van der Waals surface area contributed by atoms with Crippen LogP contribution in [0.3, 0.4) is 0 Å². The Bertz CT molecular complexity index is 2160. The molecule has 1 fully saturated rings. The molecule has 1 saturated heterocycles. The van der Waals surface area contributed by atoms with E-state index in [1.54, 1.807) is 12.1 Å². The average Bonchev–Trinajstić information content (AvgIpc) is 3.64. The van der Waals surface area contributed by atoms with E-state index in [1.165, 1.54) is 66.8 Å². The molecule has 10 nitrogen and oxygen atoms in total. The van der Waals surface area contributed by atoms with Crippen LogP contribution in [0, 0.1) is 11.6 Å². The van der Waals surface area contributed by atoms with Crippen LogP contribution in [0.1, 0.15) is 41.6 Å². The minimum Gasteiger partial charge on any atom is -0.455 e. The number of benzene rings is 3. The number of hydrogen-bond donors (Lipinski definition) is 3. The van der Waals surface area contributed by atoms with Crippen LogP contribution in [0.25, 0.3) is 33.2 Å². The number of piperidine rings is 1. The second kappa shape index (κ2) is 11.6. The molecule has 0 bridgehead atoms. The molecular formula is C31H30F2N4O6S2. The number of rotatable bonds is 8. The number of fused-ring (bicyclic) bond motifs is 2. The Morgan fingerprint density at radius 3 is 2.51 bits per heavy atom. The van der Waals surface area contributed by atoms with Gasteiger partial charge in [0.1, 0.15) is 28.0 Å². The number of carbonyl (C=O) groups excluding carboxylic acids is 1. The second-order valence-electron chi connectivity index (χ2n) is 10.9. The van der Waals surface area contributed by atoms with Crippen molar-refractivity contribution in [3.63, 3.8) is 0 Å². The number of anilines is 1. The number of para-hydroxylation sites is 1. The summed E-state index contributed by atoms with van der Waals surface area (Å²) >= 11 is 0. The lowest BCUT2D eigenvalue weighted by atomic mass is 9.89. The van der Waals surface area contributed by atoms with E-state index in [0.29, 0.717) is 34.7 Å². The number of nitrogens with one attached hydrogen (secondary N) is 3. The predicted octanol–water partition coefficient (Wildman–Crippen LogP) is 5.55. The normalized spacial score (nSPS) is 16.3. The maximum absolute atomic E-state index is 14.3. The van der Waals surface area contributed by atoms with E-state index in [0.717, 1.165) is 0 Å². The molecule has 0 spiro atoms. The average molecular weight is 657 g/mol. The van der Waals surface area contributed by atoms with Crippen molar-refractivity contribution in [3.05, 3.63) is 83.4 Å². The van der Waals surface area contributed by atoms with Crippen LogP contribution in [0.15, 0.2) is 70.1 Å². The van der Waals surface area contributed by atoms with Gasteiger partial charge in [0, 0.05) is 42.5 Å². The number of H-pyrrole nitrogens is 1. The van der Waals surface area contributed by atoms with Gasteiger partial charge in [0.15, 0.2) is 0 Å². The van der Waals surface area contributed by atoms with Gasteiger partial charge < -0.3 is 14.7 Å². The molecule has 236 valence electrons. The summed E-state index contributed by atoms with van der Waals surface area (Å²) in [6, 6.07) is 14.3. The highest BCUT2D eigenvalue weighted by Crippen LogP contribution is 2.41. The van der Waals surface area contributed by atoms with Crippen LogP contribution in [-0.2, 0) is 20.0 Å². The third kappa shape index (κ3) is 5.69. The first-order valence-corrected chi connectivity index (χ1v) is 17.4. The zero-order valence-corrected chi connectivity index (χ0v) is 26.0. The summed E-state index contributed by atoms with van der Waals surface area (Å²) in [6.45, 7) is 1.70. The summed E-state index contributed by atoms with van der Waals surface area (Å²) in [6.07, 6.45) is 0.989. The number of hydrogen-bond acceptors (Lipinski definition) is 6. The van der Waals surface area contributed by atoms with Crippen LogP contribution < -0.4 is 10.0 Å². The van der Waals surface area contributed by atoms with Crippen molar-refractivity contribution in [3.8, 4) is 11.3 Å². The fourth-order valence-electron chi connectivity index (χ4n) is 5.77. The van der Waals surface area contributed by atoms with E-state index in [-0.39, 0.29) is 52.0 Å². The predicted molar refractivity (Wildman–Crippen MR) is 167 cm³/mol. The van der Waals surface area contributed by atoms with Crippen molar-refractivity contribution in [2.45, 2.75) is 30.7 Å². The summed E-state index contributed by atoms with van der Waals surface area (Å²) in [5, 5.41) is 3.26. The second-order valence-corrected chi connectivity index (χ2v) is 14.8. The fraction of sp³-hybridized carbons (Fsp3) is 0.258. The number of carbonyl (C=O) groups is 1. The van der Waals surface area contributed by atoms with E-state index in [1.807, 2.05) is 0 Å². The first kappa shape index (κ1) is 30.7. The largest absolute Gasteiger partial charge is 0.455 e. The molecule has 5 aromatic rings. The third-order valence-electron chi connectivity index (χ3n) is 8.09. The van der Waals surface area contributed by atoms with Crippen LogP contribution in [0.2, 0.25) is 0 Å². The Morgan fingerprint density at radius 2 is 1.82 bits per heavy atom. The quantitative estimate of drug-likeness (QED) is 0.200. The fourth-order valence-corrected chi connectivity index (χ4v) is 7.95. The maximum atomic E-state index is 14.3. The molecule has 1 aliphatic rings. The topological polar surface area (TPSA) is 142 Å². The first-order chi connectivity index (χ1) is 21.4. The molecule has 14 heteroatoms. The Balaban J connectivity index is 1.47. The number of amides is 1. The highest BCUT2D eigenvalue weighted by Gasteiger charge is 2.34. The maximum Gasteiger partial charge on any atom is 0.258 e. The SMILES string of the molecule is CCS(=O)(=O)Nc1cc2oc(-c3ccc(F)cc3)c(C(=O)NC)c2cc1[C@H]1CCCN(S(=O)(=O)c2cc3cccc(F)c3[nH]2)C1. The molecule has 1 amide bonds. The third-order valence-corrected chi connectivity index (χ3v) is 11.2. The molecule has 3 N–H and O–H groups in total.